The van der Waals surface area contributed by atoms with Gasteiger partial charge in [0.15, 0.2) is 12.4 Å². The van der Waals surface area contributed by atoms with Crippen molar-refractivity contribution in [3.63, 3.8) is 0 Å². The van der Waals surface area contributed by atoms with Crippen LogP contribution in [0.15, 0.2) is 12.1 Å². The van der Waals surface area contributed by atoms with Crippen molar-refractivity contribution in [1.82, 2.24) is 0 Å². The fraction of sp³-hybridized carbons (Fsp3) is 0.385. The van der Waals surface area contributed by atoms with Gasteiger partial charge in [0, 0.05) is 5.56 Å². The second-order valence-electron chi connectivity index (χ2n) is 4.46. The number of anilines is 1. The molecule has 6 nitrogen and oxygen atoms in total. The van der Waals surface area contributed by atoms with Crippen LogP contribution < -0.4 is 10.1 Å². The molecular weight excluding hydrogens is 286 g/mol. The number of carbonyl (C=O) groups excluding carboxylic acids is 2. The van der Waals surface area contributed by atoms with Crippen LogP contribution in [-0.2, 0) is 14.3 Å². The summed E-state index contributed by atoms with van der Waals surface area (Å²) >= 11 is 6.10. The Bertz CT molecular complexity index is 568. The topological polar surface area (TPSA) is 73.9 Å². The molecule has 2 aliphatic heterocycles. The largest absolute Gasteiger partial charge is 0.482 e. The maximum absolute atomic E-state index is 12.3. The van der Waals surface area contributed by atoms with Crippen LogP contribution in [0.4, 0.5) is 5.69 Å². The lowest BCUT2D eigenvalue weighted by atomic mass is 10.0. The molecule has 1 aromatic carbocycles. The zero-order chi connectivity index (χ0) is 14.1. The summed E-state index contributed by atoms with van der Waals surface area (Å²) in [5, 5.41) is 2.87. The van der Waals surface area contributed by atoms with Crippen molar-refractivity contribution in [2.24, 2.45) is 0 Å². The highest BCUT2D eigenvalue weighted by molar-refractivity contribution is 6.34. The molecule has 1 N–H and O–H groups in total. The van der Waals surface area contributed by atoms with Crippen molar-refractivity contribution in [2.45, 2.75) is 6.10 Å². The summed E-state index contributed by atoms with van der Waals surface area (Å²) in [4.78, 5) is 23.6. The molecule has 0 aliphatic carbocycles. The molecule has 3 rings (SSSR count). The van der Waals surface area contributed by atoms with Gasteiger partial charge in [-0.2, -0.15) is 0 Å². The number of hydrogen-bond acceptors (Lipinski definition) is 5. The molecule has 106 valence electrons. The van der Waals surface area contributed by atoms with Gasteiger partial charge in [0.05, 0.1) is 30.5 Å². The zero-order valence-corrected chi connectivity index (χ0v) is 11.2. The Morgan fingerprint density at radius 3 is 2.95 bits per heavy atom. The molecule has 0 saturated carbocycles. The van der Waals surface area contributed by atoms with Crippen LogP contribution in [0.3, 0.4) is 0 Å². The van der Waals surface area contributed by atoms with Crippen molar-refractivity contribution in [2.75, 3.05) is 31.7 Å². The number of rotatable bonds is 2. The molecule has 1 saturated heterocycles. The van der Waals surface area contributed by atoms with Crippen LogP contribution in [-0.4, -0.2) is 44.2 Å². The first-order valence-electron chi connectivity index (χ1n) is 6.15. The Labute approximate surface area is 119 Å². The maximum atomic E-state index is 12.3. The zero-order valence-electron chi connectivity index (χ0n) is 10.5. The number of ketones is 1. The van der Waals surface area contributed by atoms with Crippen molar-refractivity contribution in [3.8, 4) is 5.75 Å². The third kappa shape index (κ3) is 2.49. The molecule has 7 heteroatoms. The predicted molar refractivity (Wildman–Crippen MR) is 70.5 cm³/mol. The second-order valence-corrected chi connectivity index (χ2v) is 4.87. The van der Waals surface area contributed by atoms with Crippen molar-refractivity contribution < 1.29 is 23.8 Å². The van der Waals surface area contributed by atoms with E-state index >= 15 is 0 Å². The summed E-state index contributed by atoms with van der Waals surface area (Å²) in [5.41, 5.74) is 0.765. The Morgan fingerprint density at radius 1 is 1.35 bits per heavy atom. The van der Waals surface area contributed by atoms with E-state index in [0.29, 0.717) is 30.2 Å². The summed E-state index contributed by atoms with van der Waals surface area (Å²) in [5.74, 6) is -0.0799. The molecule has 1 fully saturated rings. The van der Waals surface area contributed by atoms with E-state index in [1.54, 1.807) is 0 Å². The fourth-order valence-electron chi connectivity index (χ4n) is 2.10. The van der Waals surface area contributed by atoms with Crippen molar-refractivity contribution in [1.29, 1.82) is 0 Å². The first kappa shape index (κ1) is 13.4. The highest BCUT2D eigenvalue weighted by Crippen LogP contribution is 2.34. The van der Waals surface area contributed by atoms with Crippen LogP contribution in [0.2, 0.25) is 5.02 Å². The van der Waals surface area contributed by atoms with Gasteiger partial charge < -0.3 is 19.5 Å². The third-order valence-electron chi connectivity index (χ3n) is 3.08. The predicted octanol–water partition coefficient (Wildman–Crippen LogP) is 1.27. The van der Waals surface area contributed by atoms with Gasteiger partial charge in [0.1, 0.15) is 11.9 Å². The van der Waals surface area contributed by atoms with Crippen LogP contribution in [0.5, 0.6) is 5.75 Å². The number of ether oxygens (including phenoxy) is 3. The number of amides is 1. The minimum absolute atomic E-state index is 0.0781. The molecule has 1 atom stereocenters. The quantitative estimate of drug-likeness (QED) is 0.832. The van der Waals surface area contributed by atoms with E-state index in [-0.39, 0.29) is 29.9 Å². The number of halogens is 1. The number of hydrogen-bond donors (Lipinski definition) is 1. The standard InChI is InChI=1S/C13H12ClNO5/c14-8-4-9-10(20-6-12(16)15-9)3-7(8)13(17)11-5-18-1-2-19-11/h3-4,11H,1-2,5-6H2,(H,15,16). The molecule has 1 unspecified atom stereocenters. The monoisotopic (exact) mass is 297 g/mol. The Balaban J connectivity index is 1.89. The molecular formula is C13H12ClNO5. The van der Waals surface area contributed by atoms with Crippen molar-refractivity contribution >= 4 is 29.0 Å². The van der Waals surface area contributed by atoms with E-state index in [9.17, 15) is 9.59 Å². The van der Waals surface area contributed by atoms with Gasteiger partial charge in [-0.05, 0) is 12.1 Å². The van der Waals surface area contributed by atoms with Crippen LogP contribution in [0.25, 0.3) is 0 Å². The van der Waals surface area contributed by atoms with Gasteiger partial charge in [0.2, 0.25) is 0 Å². The molecule has 1 amide bonds. The first-order valence-corrected chi connectivity index (χ1v) is 6.52. The molecule has 2 heterocycles. The number of fused-ring (bicyclic) bond motifs is 1. The Morgan fingerprint density at radius 2 is 2.20 bits per heavy atom. The average molecular weight is 298 g/mol. The molecule has 0 aromatic heterocycles. The van der Waals surface area contributed by atoms with Gasteiger partial charge >= 0.3 is 0 Å². The highest BCUT2D eigenvalue weighted by atomic mass is 35.5. The van der Waals surface area contributed by atoms with Crippen LogP contribution in [0, 0.1) is 0 Å². The van der Waals surface area contributed by atoms with Crippen molar-refractivity contribution in [3.05, 3.63) is 22.7 Å². The van der Waals surface area contributed by atoms with E-state index in [4.69, 9.17) is 25.8 Å². The third-order valence-corrected chi connectivity index (χ3v) is 3.39. The highest BCUT2D eigenvalue weighted by Gasteiger charge is 2.28. The molecule has 0 radical (unpaired) electrons. The van der Waals surface area contributed by atoms with E-state index < -0.39 is 6.10 Å². The lowest BCUT2D eigenvalue weighted by Crippen LogP contribution is -2.35. The van der Waals surface area contributed by atoms with Gasteiger partial charge in [-0.15, -0.1) is 0 Å². The summed E-state index contributed by atoms with van der Waals surface area (Å²) in [6.45, 7) is 0.998. The Hall–Kier alpha value is -1.63. The number of Topliss-reactive ketones (excluding diaryl/α,β-unsaturated/α-hetero) is 1. The molecule has 0 spiro atoms. The normalized spacial score (nSPS) is 21.6. The number of nitrogens with one attached hydrogen (secondary N) is 1. The minimum atomic E-state index is -0.655. The molecule has 20 heavy (non-hydrogen) atoms. The number of carbonyl (C=O) groups is 2. The summed E-state index contributed by atoms with van der Waals surface area (Å²) in [7, 11) is 0. The van der Waals surface area contributed by atoms with E-state index in [1.165, 1.54) is 12.1 Å². The lowest BCUT2D eigenvalue weighted by molar-refractivity contribution is -0.118. The van der Waals surface area contributed by atoms with E-state index in [2.05, 4.69) is 5.32 Å². The first-order chi connectivity index (χ1) is 9.65. The minimum Gasteiger partial charge on any atom is -0.482 e. The smallest absolute Gasteiger partial charge is 0.262 e. The SMILES string of the molecule is O=C1COc2cc(C(=O)C3COCCO3)c(Cl)cc2N1. The average Bonchev–Trinajstić information content (AvgIpc) is 2.46. The van der Waals surface area contributed by atoms with E-state index in [1.807, 2.05) is 0 Å². The molecule has 1 aromatic rings. The maximum Gasteiger partial charge on any atom is 0.262 e. The van der Waals surface area contributed by atoms with Crippen LogP contribution in [0.1, 0.15) is 10.4 Å². The Kier molecular flexibility index (Phi) is 3.60. The van der Waals surface area contributed by atoms with Gasteiger partial charge in [0.25, 0.3) is 5.91 Å². The molecule has 2 aliphatic rings. The summed E-state index contributed by atoms with van der Waals surface area (Å²) in [6.07, 6.45) is -0.655. The van der Waals surface area contributed by atoms with Gasteiger partial charge in [-0.3, -0.25) is 9.59 Å². The fourth-order valence-corrected chi connectivity index (χ4v) is 2.36. The summed E-state index contributed by atoms with van der Waals surface area (Å²) < 4.78 is 15.9. The lowest BCUT2D eigenvalue weighted by Gasteiger charge is -2.23. The summed E-state index contributed by atoms with van der Waals surface area (Å²) in [6, 6.07) is 3.03. The van der Waals surface area contributed by atoms with Crippen LogP contribution >= 0.6 is 11.6 Å². The van der Waals surface area contributed by atoms with Gasteiger partial charge in [-0.25, -0.2) is 0 Å². The molecule has 0 bridgehead atoms. The van der Waals surface area contributed by atoms with Gasteiger partial charge in [-0.1, -0.05) is 11.6 Å². The second kappa shape index (κ2) is 5.40. The number of benzene rings is 1. The van der Waals surface area contributed by atoms with E-state index in [0.717, 1.165) is 0 Å².